The Morgan fingerprint density at radius 1 is 0.930 bits per heavy atom. The van der Waals surface area contributed by atoms with E-state index in [2.05, 4.69) is 15.2 Å². The molecule has 0 unspecified atom stereocenters. The number of carbonyl (C=O) groups excluding carboxylic acids is 1. The third-order valence-electron chi connectivity index (χ3n) is 5.79. The molecule has 0 aliphatic rings. The predicted molar refractivity (Wildman–Crippen MR) is 138 cm³/mol. The van der Waals surface area contributed by atoms with Gasteiger partial charge in [0.25, 0.3) is 5.91 Å². The number of aromatic nitrogens is 2. The van der Waals surface area contributed by atoms with Gasteiger partial charge < -0.3 is 24.6 Å². The number of hydrogen-bond acceptors (Lipinski definition) is 6. The smallest absolute Gasteiger partial charge is 0.494 e. The van der Waals surface area contributed by atoms with Crippen LogP contribution in [0.15, 0.2) is 72.9 Å². The van der Waals surface area contributed by atoms with E-state index in [0.717, 1.165) is 35.0 Å². The minimum Gasteiger partial charge on any atom is -0.494 e. The summed E-state index contributed by atoms with van der Waals surface area (Å²) in [7, 11) is 1.26. The lowest BCUT2D eigenvalue weighted by atomic mass is 10.1. The van der Waals surface area contributed by atoms with Crippen LogP contribution in [0.5, 0.6) is 23.1 Å². The van der Waals surface area contributed by atoms with E-state index in [9.17, 15) is 35.9 Å². The van der Waals surface area contributed by atoms with Crippen LogP contribution in [-0.4, -0.2) is 46.8 Å². The molecule has 226 valence electrons. The number of halogens is 6. The van der Waals surface area contributed by atoms with E-state index in [4.69, 9.17) is 14.6 Å². The van der Waals surface area contributed by atoms with Crippen LogP contribution >= 0.6 is 0 Å². The number of aliphatic carboxylic acids is 1. The number of benzene rings is 3. The number of hydrogen-bond donors (Lipinski definition) is 2. The van der Waals surface area contributed by atoms with Crippen molar-refractivity contribution >= 4 is 11.9 Å². The summed E-state index contributed by atoms with van der Waals surface area (Å²) < 4.78 is 94.3. The molecule has 4 rings (SSSR count). The molecule has 15 heteroatoms. The van der Waals surface area contributed by atoms with Gasteiger partial charge in [0, 0.05) is 18.3 Å². The number of carboxylic acid groups (broad SMARTS) is 1. The van der Waals surface area contributed by atoms with Crippen LogP contribution in [0.2, 0.25) is 0 Å². The molecule has 0 spiro atoms. The monoisotopic (exact) mass is 609 g/mol. The summed E-state index contributed by atoms with van der Waals surface area (Å²) in [5.74, 6) is -2.05. The molecular formula is C28H21F6N3O6. The summed E-state index contributed by atoms with van der Waals surface area (Å²) in [6, 6.07) is 13.0. The van der Waals surface area contributed by atoms with Crippen LogP contribution < -0.4 is 19.5 Å². The van der Waals surface area contributed by atoms with Gasteiger partial charge in [-0.2, -0.15) is 13.2 Å². The van der Waals surface area contributed by atoms with Crippen LogP contribution in [0.1, 0.15) is 22.3 Å². The van der Waals surface area contributed by atoms with Gasteiger partial charge in [-0.3, -0.25) is 9.59 Å². The Balaban J connectivity index is 1.70. The van der Waals surface area contributed by atoms with Gasteiger partial charge in [0.2, 0.25) is 5.88 Å². The molecule has 0 bridgehead atoms. The Hall–Kier alpha value is -5.21. The molecule has 1 heterocycles. The number of carbonyl (C=O) groups is 2. The lowest BCUT2D eigenvalue weighted by Crippen LogP contribution is -2.25. The van der Waals surface area contributed by atoms with Gasteiger partial charge in [-0.15, -0.1) is 18.3 Å². The summed E-state index contributed by atoms with van der Waals surface area (Å²) in [6.45, 7) is -0.0843. The predicted octanol–water partition coefficient (Wildman–Crippen LogP) is 6.46. The number of nitrogens with zero attached hydrogens (tertiary/aromatic N) is 2. The van der Waals surface area contributed by atoms with Gasteiger partial charge in [-0.1, -0.05) is 12.1 Å². The molecule has 1 aromatic heterocycles. The fourth-order valence-electron chi connectivity index (χ4n) is 3.81. The first kappa shape index (κ1) is 30.7. The quantitative estimate of drug-likeness (QED) is 0.199. The normalized spacial score (nSPS) is 11.6. The molecule has 0 aliphatic heterocycles. The van der Waals surface area contributed by atoms with Crippen LogP contribution in [0.3, 0.4) is 0 Å². The fourth-order valence-corrected chi connectivity index (χ4v) is 3.81. The second kappa shape index (κ2) is 12.3. The number of alkyl halides is 6. The molecule has 0 radical (unpaired) electrons. The highest BCUT2D eigenvalue weighted by atomic mass is 19.4. The zero-order valence-electron chi connectivity index (χ0n) is 22.0. The van der Waals surface area contributed by atoms with Crippen molar-refractivity contribution in [2.24, 2.45) is 0 Å². The second-order valence-corrected chi connectivity index (χ2v) is 8.78. The molecule has 0 saturated heterocycles. The molecule has 0 atom stereocenters. The zero-order chi connectivity index (χ0) is 31.4. The van der Waals surface area contributed by atoms with Crippen LogP contribution in [0.4, 0.5) is 26.3 Å². The van der Waals surface area contributed by atoms with E-state index in [1.807, 2.05) is 0 Å². The Bertz CT molecular complexity index is 1600. The van der Waals surface area contributed by atoms with Gasteiger partial charge in [0.15, 0.2) is 0 Å². The van der Waals surface area contributed by atoms with E-state index in [-0.39, 0.29) is 52.7 Å². The molecule has 0 saturated carbocycles. The van der Waals surface area contributed by atoms with E-state index >= 15 is 0 Å². The van der Waals surface area contributed by atoms with E-state index in [1.165, 1.54) is 49.7 Å². The van der Waals surface area contributed by atoms with Crippen LogP contribution in [0.25, 0.3) is 16.8 Å². The maximum absolute atomic E-state index is 13.5. The maximum atomic E-state index is 13.5. The van der Waals surface area contributed by atoms with Gasteiger partial charge in [0.1, 0.15) is 22.9 Å². The Morgan fingerprint density at radius 3 is 2.16 bits per heavy atom. The molecule has 0 fully saturated rings. The zero-order valence-corrected chi connectivity index (χ0v) is 22.0. The summed E-state index contributed by atoms with van der Waals surface area (Å²) in [5, 5.41) is 15.4. The van der Waals surface area contributed by atoms with Crippen LogP contribution in [-0.2, 0) is 11.0 Å². The molecule has 9 nitrogen and oxygen atoms in total. The molecular weight excluding hydrogens is 588 g/mol. The first-order valence-corrected chi connectivity index (χ1v) is 12.2. The molecule has 43 heavy (non-hydrogen) atoms. The highest BCUT2D eigenvalue weighted by Crippen LogP contribution is 2.38. The summed E-state index contributed by atoms with van der Waals surface area (Å²) in [6.07, 6.45) is -8.54. The van der Waals surface area contributed by atoms with Gasteiger partial charge in [-0.25, -0.2) is 4.68 Å². The second-order valence-electron chi connectivity index (χ2n) is 8.78. The summed E-state index contributed by atoms with van der Waals surface area (Å²) in [4.78, 5) is 22.9. The number of amides is 1. The molecule has 4 aromatic rings. The van der Waals surface area contributed by atoms with E-state index in [0.29, 0.717) is 0 Å². The third kappa shape index (κ3) is 7.96. The minimum absolute atomic E-state index is 0.0424. The Kier molecular flexibility index (Phi) is 8.82. The molecule has 1 amide bonds. The van der Waals surface area contributed by atoms with Crippen LogP contribution in [0, 0.1) is 0 Å². The Morgan fingerprint density at radius 2 is 1.58 bits per heavy atom. The van der Waals surface area contributed by atoms with Gasteiger partial charge in [-0.05, 0) is 60.2 Å². The van der Waals surface area contributed by atoms with Crippen molar-refractivity contribution in [3.05, 3.63) is 84.1 Å². The van der Waals surface area contributed by atoms with E-state index < -0.39 is 35.7 Å². The number of carboxylic acids is 1. The third-order valence-corrected chi connectivity index (χ3v) is 5.79. The average Bonchev–Trinajstić information content (AvgIpc) is 3.35. The topological polar surface area (TPSA) is 112 Å². The lowest BCUT2D eigenvalue weighted by molar-refractivity contribution is -0.274. The standard InChI is InChI=1S/C28H21F6N3O6/c1-41-23-11-6-18(27(29,30)31)14-22(23)37-15-21(16-2-9-20(10-3-16)43-28(32,33)34)26(36-37)42-19-7-4-17(5-8-19)25(40)35-13-12-24(38)39/h2-11,14-15H,12-13H2,1H3,(H,35,40)(H,38,39). The van der Waals surface area contributed by atoms with Crippen molar-refractivity contribution in [3.63, 3.8) is 0 Å². The lowest BCUT2D eigenvalue weighted by Gasteiger charge is -2.12. The van der Waals surface area contributed by atoms with Crippen molar-refractivity contribution in [2.45, 2.75) is 19.0 Å². The molecule has 3 aromatic carbocycles. The minimum atomic E-state index is -4.92. The van der Waals surface area contributed by atoms with Crippen molar-refractivity contribution in [1.29, 1.82) is 0 Å². The number of nitrogens with one attached hydrogen (secondary N) is 1. The number of rotatable bonds is 10. The first-order chi connectivity index (χ1) is 20.2. The Labute approximate surface area is 239 Å². The molecule has 2 N–H and O–H groups in total. The van der Waals surface area contributed by atoms with Crippen molar-refractivity contribution < 1.29 is 55.2 Å². The maximum Gasteiger partial charge on any atom is 0.573 e. The first-order valence-electron chi connectivity index (χ1n) is 12.2. The van der Waals surface area contributed by atoms with Crippen molar-refractivity contribution in [3.8, 4) is 39.9 Å². The highest BCUT2D eigenvalue weighted by Gasteiger charge is 2.32. The van der Waals surface area contributed by atoms with Crippen molar-refractivity contribution in [1.82, 2.24) is 15.1 Å². The van der Waals surface area contributed by atoms with E-state index in [1.54, 1.807) is 0 Å². The number of methoxy groups -OCH3 is 1. The number of ether oxygens (including phenoxy) is 3. The SMILES string of the molecule is COc1ccc(C(F)(F)F)cc1-n1cc(-c2ccc(OC(F)(F)F)cc2)c(Oc2ccc(C(=O)NCCC(=O)O)cc2)n1. The highest BCUT2D eigenvalue weighted by molar-refractivity contribution is 5.94. The van der Waals surface area contributed by atoms with Crippen molar-refractivity contribution in [2.75, 3.05) is 13.7 Å². The van der Waals surface area contributed by atoms with Gasteiger partial charge >= 0.3 is 18.5 Å². The van der Waals surface area contributed by atoms with Gasteiger partial charge in [0.05, 0.1) is 24.7 Å². The molecule has 0 aliphatic carbocycles. The average molecular weight is 609 g/mol. The summed E-state index contributed by atoms with van der Waals surface area (Å²) in [5.41, 5.74) is -0.408. The largest absolute Gasteiger partial charge is 0.573 e. The summed E-state index contributed by atoms with van der Waals surface area (Å²) >= 11 is 0. The fraction of sp³-hybridized carbons (Fsp3) is 0.179.